The third-order valence-corrected chi connectivity index (χ3v) is 6.35. The molecule has 0 aliphatic heterocycles. The van der Waals surface area contributed by atoms with E-state index in [1.165, 1.54) is 0 Å². The molecule has 34 heavy (non-hydrogen) atoms. The second-order valence-electron chi connectivity index (χ2n) is 9.63. The van der Waals surface area contributed by atoms with Crippen molar-refractivity contribution in [2.24, 2.45) is 0 Å². The molecule has 2 aromatic carbocycles. The van der Waals surface area contributed by atoms with Crippen LogP contribution in [0.3, 0.4) is 0 Å². The maximum atomic E-state index is 12.6. The summed E-state index contributed by atoms with van der Waals surface area (Å²) in [4.78, 5) is 18.9. The molecule has 1 aliphatic carbocycles. The van der Waals surface area contributed by atoms with Crippen LogP contribution in [0.25, 0.3) is 22.4 Å². The van der Waals surface area contributed by atoms with Gasteiger partial charge in [0.2, 0.25) is 0 Å². The summed E-state index contributed by atoms with van der Waals surface area (Å²) >= 11 is 12.2. The van der Waals surface area contributed by atoms with Gasteiger partial charge in [-0.15, -0.1) is 0 Å². The number of benzene rings is 2. The van der Waals surface area contributed by atoms with Crippen LogP contribution in [0.1, 0.15) is 33.6 Å². The van der Waals surface area contributed by atoms with Crippen LogP contribution in [0.2, 0.25) is 10.0 Å². The first-order valence-corrected chi connectivity index (χ1v) is 11.9. The molecule has 0 radical (unpaired) electrons. The number of carbonyl (C=O) groups is 1. The Morgan fingerprint density at radius 1 is 1.00 bits per heavy atom. The Morgan fingerprint density at radius 2 is 1.56 bits per heavy atom. The maximum absolute atomic E-state index is 12.6. The fourth-order valence-electron chi connectivity index (χ4n) is 3.67. The summed E-state index contributed by atoms with van der Waals surface area (Å²) in [6.07, 6.45) is 3.10. The number of nitrogens with zero attached hydrogens (tertiary/aromatic N) is 2. The predicted octanol–water partition coefficient (Wildman–Crippen LogP) is 7.50. The van der Waals surface area contributed by atoms with Crippen LogP contribution in [0, 0.1) is 0 Å². The average molecular weight is 499 g/mol. The molecule has 5 nitrogen and oxygen atoms in total. The van der Waals surface area contributed by atoms with E-state index in [0.29, 0.717) is 22.4 Å². The van der Waals surface area contributed by atoms with E-state index in [4.69, 9.17) is 37.7 Å². The standard InChI is InChI=1S/C27H28Cl2N2O3/c1-26(2,3)34-25(32)31(4)27(13-14-27)17-33-22-15-23(18-5-9-20(28)10-6-18)24(30-16-22)19-7-11-21(29)12-8-19/h5-12,15-16H,13-14,17H2,1-4H3. The van der Waals surface area contributed by atoms with Gasteiger partial charge in [0.1, 0.15) is 18.0 Å². The fraction of sp³-hybridized carbons (Fsp3) is 0.333. The fourth-order valence-corrected chi connectivity index (χ4v) is 3.93. The highest BCUT2D eigenvalue weighted by atomic mass is 35.5. The number of hydrogen-bond donors (Lipinski definition) is 0. The Bertz CT molecular complexity index is 1170. The third-order valence-electron chi connectivity index (χ3n) is 5.85. The molecule has 1 aromatic heterocycles. The van der Waals surface area contributed by atoms with Gasteiger partial charge in [0, 0.05) is 28.2 Å². The van der Waals surface area contributed by atoms with Gasteiger partial charge in [-0.3, -0.25) is 4.98 Å². The van der Waals surface area contributed by atoms with E-state index < -0.39 is 5.60 Å². The number of rotatable bonds is 6. The van der Waals surface area contributed by atoms with E-state index in [1.54, 1.807) is 18.1 Å². The Morgan fingerprint density at radius 3 is 2.09 bits per heavy atom. The quantitative estimate of drug-likeness (QED) is 0.352. The Labute approximate surface area is 210 Å². The van der Waals surface area contributed by atoms with Gasteiger partial charge in [0.25, 0.3) is 0 Å². The Hall–Kier alpha value is -2.76. The Balaban J connectivity index is 1.58. The predicted molar refractivity (Wildman–Crippen MR) is 137 cm³/mol. The van der Waals surface area contributed by atoms with E-state index >= 15 is 0 Å². The molecule has 0 atom stereocenters. The van der Waals surface area contributed by atoms with Crippen LogP contribution in [-0.4, -0.2) is 40.8 Å². The zero-order valence-corrected chi connectivity index (χ0v) is 21.3. The third kappa shape index (κ3) is 5.65. The lowest BCUT2D eigenvalue weighted by molar-refractivity contribution is 0.0139. The van der Waals surface area contributed by atoms with E-state index in [1.807, 2.05) is 75.4 Å². The molecular formula is C27H28Cl2N2O3. The smallest absolute Gasteiger partial charge is 0.410 e. The van der Waals surface area contributed by atoms with Gasteiger partial charge in [0.05, 0.1) is 17.4 Å². The summed E-state index contributed by atoms with van der Waals surface area (Å²) in [5.74, 6) is 0.631. The SMILES string of the molecule is CN(C(=O)OC(C)(C)C)C1(COc2cnc(-c3ccc(Cl)cc3)c(-c3ccc(Cl)cc3)c2)CC1. The monoisotopic (exact) mass is 498 g/mol. The number of halogens is 2. The highest BCUT2D eigenvalue weighted by Gasteiger charge is 2.50. The molecule has 1 amide bonds. The molecule has 4 rings (SSSR count). The van der Waals surface area contributed by atoms with Crippen molar-refractivity contribution in [3.63, 3.8) is 0 Å². The van der Waals surface area contributed by atoms with Gasteiger partial charge in [-0.05, 0) is 69.5 Å². The number of aromatic nitrogens is 1. The molecule has 0 N–H and O–H groups in total. The highest BCUT2D eigenvalue weighted by molar-refractivity contribution is 6.31. The lowest BCUT2D eigenvalue weighted by atomic mass is 9.99. The number of hydrogen-bond acceptors (Lipinski definition) is 4. The molecule has 0 bridgehead atoms. The maximum Gasteiger partial charge on any atom is 0.410 e. The molecular weight excluding hydrogens is 471 g/mol. The second kappa shape index (κ2) is 9.47. The van der Waals surface area contributed by atoms with Crippen molar-refractivity contribution in [1.29, 1.82) is 0 Å². The van der Waals surface area contributed by atoms with E-state index in [-0.39, 0.29) is 11.6 Å². The number of pyridine rings is 1. The van der Waals surface area contributed by atoms with Crippen LogP contribution >= 0.6 is 23.2 Å². The zero-order valence-electron chi connectivity index (χ0n) is 19.8. The summed E-state index contributed by atoms with van der Waals surface area (Å²) in [6.45, 7) is 5.95. The highest BCUT2D eigenvalue weighted by Crippen LogP contribution is 2.42. The van der Waals surface area contributed by atoms with Crippen molar-refractivity contribution in [3.8, 4) is 28.1 Å². The molecule has 7 heteroatoms. The van der Waals surface area contributed by atoms with E-state index in [9.17, 15) is 4.79 Å². The summed E-state index contributed by atoms with van der Waals surface area (Å²) < 4.78 is 11.7. The van der Waals surface area contributed by atoms with Gasteiger partial charge < -0.3 is 14.4 Å². The number of carbonyl (C=O) groups excluding carboxylic acids is 1. The summed E-state index contributed by atoms with van der Waals surface area (Å²) in [7, 11) is 1.77. The van der Waals surface area contributed by atoms with Gasteiger partial charge in [-0.1, -0.05) is 47.5 Å². The molecule has 0 saturated heterocycles. The van der Waals surface area contributed by atoms with E-state index in [0.717, 1.165) is 35.2 Å². The van der Waals surface area contributed by atoms with Crippen molar-refractivity contribution in [1.82, 2.24) is 9.88 Å². The molecule has 1 aliphatic rings. The van der Waals surface area contributed by atoms with Gasteiger partial charge in [-0.2, -0.15) is 0 Å². The molecule has 1 fully saturated rings. The van der Waals surface area contributed by atoms with Gasteiger partial charge in [-0.25, -0.2) is 4.79 Å². The topological polar surface area (TPSA) is 51.7 Å². The van der Waals surface area contributed by atoms with E-state index in [2.05, 4.69) is 0 Å². The first-order valence-electron chi connectivity index (χ1n) is 11.2. The minimum absolute atomic E-state index is 0.341. The largest absolute Gasteiger partial charge is 0.490 e. The van der Waals surface area contributed by atoms with Crippen molar-refractivity contribution in [2.45, 2.75) is 44.8 Å². The summed E-state index contributed by atoms with van der Waals surface area (Å²) in [6, 6.07) is 17.2. The van der Waals surface area contributed by atoms with Gasteiger partial charge >= 0.3 is 6.09 Å². The number of ether oxygens (including phenoxy) is 2. The molecule has 1 saturated carbocycles. The summed E-state index contributed by atoms with van der Waals surface area (Å²) in [5.41, 5.74) is 2.75. The lowest BCUT2D eigenvalue weighted by Crippen LogP contribution is -2.45. The number of likely N-dealkylation sites (N-methyl/N-ethyl adjacent to an activating group) is 1. The van der Waals surface area contributed by atoms with Crippen LogP contribution in [0.5, 0.6) is 5.75 Å². The normalized spacial score (nSPS) is 14.4. The van der Waals surface area contributed by atoms with Crippen molar-refractivity contribution in [2.75, 3.05) is 13.7 Å². The van der Waals surface area contributed by atoms with Crippen molar-refractivity contribution < 1.29 is 14.3 Å². The minimum Gasteiger partial charge on any atom is -0.490 e. The molecule has 178 valence electrons. The van der Waals surface area contributed by atoms with Gasteiger partial charge in [0.15, 0.2) is 0 Å². The van der Waals surface area contributed by atoms with Crippen LogP contribution in [0.15, 0.2) is 60.8 Å². The minimum atomic E-state index is -0.544. The summed E-state index contributed by atoms with van der Waals surface area (Å²) in [5, 5.41) is 1.33. The first-order chi connectivity index (χ1) is 16.1. The molecule has 1 heterocycles. The van der Waals surface area contributed by atoms with Crippen molar-refractivity contribution >= 4 is 29.3 Å². The van der Waals surface area contributed by atoms with Crippen molar-refractivity contribution in [3.05, 3.63) is 70.8 Å². The number of amides is 1. The Kier molecular flexibility index (Phi) is 6.79. The van der Waals surface area contributed by atoms with Crippen LogP contribution in [0.4, 0.5) is 4.79 Å². The lowest BCUT2D eigenvalue weighted by Gasteiger charge is -2.30. The zero-order chi connectivity index (χ0) is 24.5. The molecule has 0 spiro atoms. The molecule has 0 unspecified atom stereocenters. The first kappa shape index (κ1) is 24.4. The average Bonchev–Trinajstić information content (AvgIpc) is 3.58. The van der Waals surface area contributed by atoms with Crippen LogP contribution < -0.4 is 4.74 Å². The second-order valence-corrected chi connectivity index (χ2v) is 10.5. The van der Waals surface area contributed by atoms with Crippen LogP contribution in [-0.2, 0) is 4.74 Å². The molecule has 3 aromatic rings.